The van der Waals surface area contributed by atoms with Gasteiger partial charge in [-0.1, -0.05) is 17.0 Å². The van der Waals surface area contributed by atoms with E-state index < -0.39 is 6.10 Å². The largest absolute Gasteiger partial charge is 0.392 e. The average molecular weight is 462 g/mol. The van der Waals surface area contributed by atoms with E-state index in [-0.39, 0.29) is 12.1 Å². The van der Waals surface area contributed by atoms with Crippen LogP contribution in [0.2, 0.25) is 0 Å². The number of hydrogen-bond acceptors (Lipinski definition) is 7. The van der Waals surface area contributed by atoms with E-state index in [1.807, 2.05) is 41.8 Å². The number of nitrogens with zero attached hydrogens (tertiary/aromatic N) is 4. The van der Waals surface area contributed by atoms with Crippen LogP contribution in [0.25, 0.3) is 11.3 Å². The predicted molar refractivity (Wildman–Crippen MR) is 127 cm³/mol. The van der Waals surface area contributed by atoms with Gasteiger partial charge in [0.25, 0.3) is 0 Å². The van der Waals surface area contributed by atoms with Crippen molar-refractivity contribution in [2.75, 3.05) is 26.2 Å². The first-order valence-corrected chi connectivity index (χ1v) is 11.8. The van der Waals surface area contributed by atoms with E-state index in [9.17, 15) is 10.2 Å². The fourth-order valence-corrected chi connectivity index (χ4v) is 5.11. The van der Waals surface area contributed by atoms with Gasteiger partial charge < -0.3 is 29.9 Å². The number of piperidine rings is 1. The van der Waals surface area contributed by atoms with Gasteiger partial charge in [-0.2, -0.15) is 0 Å². The minimum atomic E-state index is -0.706. The Bertz CT molecular complexity index is 1170. The van der Waals surface area contributed by atoms with Crippen LogP contribution >= 0.6 is 0 Å². The molecule has 0 amide bonds. The summed E-state index contributed by atoms with van der Waals surface area (Å²) in [5.74, 6) is 9.74. The van der Waals surface area contributed by atoms with Gasteiger partial charge in [0, 0.05) is 61.7 Å². The lowest BCUT2D eigenvalue weighted by Gasteiger charge is -2.19. The summed E-state index contributed by atoms with van der Waals surface area (Å²) < 4.78 is 7.44. The van der Waals surface area contributed by atoms with E-state index in [1.165, 1.54) is 0 Å². The van der Waals surface area contributed by atoms with Crippen molar-refractivity contribution in [3.05, 3.63) is 59.8 Å². The van der Waals surface area contributed by atoms with Crippen molar-refractivity contribution in [2.24, 2.45) is 23.5 Å². The topological polar surface area (TPSA) is 114 Å². The molecule has 1 aromatic carbocycles. The Morgan fingerprint density at radius 2 is 1.91 bits per heavy atom. The van der Waals surface area contributed by atoms with Crippen LogP contribution in [-0.2, 0) is 0 Å². The first-order valence-electron chi connectivity index (χ1n) is 11.8. The van der Waals surface area contributed by atoms with Crippen LogP contribution in [0.15, 0.2) is 47.2 Å². The van der Waals surface area contributed by atoms with Crippen molar-refractivity contribution in [3.8, 4) is 23.2 Å². The first kappa shape index (κ1) is 22.8. The quantitative estimate of drug-likeness (QED) is 0.462. The summed E-state index contributed by atoms with van der Waals surface area (Å²) in [5, 5.41) is 23.8. The molecule has 0 radical (unpaired) electrons. The molecule has 178 valence electrons. The second kappa shape index (κ2) is 9.35. The monoisotopic (exact) mass is 461 g/mol. The van der Waals surface area contributed by atoms with Crippen molar-refractivity contribution < 1.29 is 14.7 Å². The molecule has 2 fully saturated rings. The molecule has 0 unspecified atom stereocenters. The molecule has 1 saturated heterocycles. The number of aliphatic hydroxyl groups is 2. The third kappa shape index (κ3) is 4.52. The Labute approximate surface area is 199 Å². The van der Waals surface area contributed by atoms with Gasteiger partial charge in [-0.15, -0.1) is 0 Å². The van der Waals surface area contributed by atoms with Crippen molar-refractivity contribution >= 4 is 0 Å². The second-order valence-corrected chi connectivity index (χ2v) is 9.50. The number of hydrogen-bond donors (Lipinski definition) is 3. The van der Waals surface area contributed by atoms with E-state index in [4.69, 9.17) is 10.3 Å². The molecule has 1 aliphatic carbocycles. The van der Waals surface area contributed by atoms with Crippen LogP contribution in [0, 0.1) is 29.6 Å². The highest BCUT2D eigenvalue weighted by Crippen LogP contribution is 2.51. The zero-order valence-electron chi connectivity index (χ0n) is 19.5. The molecule has 6 atom stereocenters. The van der Waals surface area contributed by atoms with Crippen molar-refractivity contribution in [1.82, 2.24) is 19.6 Å². The number of benzene rings is 1. The van der Waals surface area contributed by atoms with Crippen molar-refractivity contribution in [1.29, 1.82) is 0 Å². The SMILES string of the molecule is C[C@H](O)CN1C[C@@H]2[C@@H](C#Cc3ccc(-c4cc([C@@H](CN)n5ccnc5[C@H](C)O)no4)cc3)[C@@H]2C1. The van der Waals surface area contributed by atoms with E-state index in [0.29, 0.717) is 41.6 Å². The van der Waals surface area contributed by atoms with Crippen molar-refractivity contribution in [2.45, 2.75) is 32.1 Å². The first-order chi connectivity index (χ1) is 16.4. The van der Waals surface area contributed by atoms with Crippen LogP contribution < -0.4 is 5.73 Å². The number of fused-ring (bicyclic) bond motifs is 1. The van der Waals surface area contributed by atoms with Gasteiger partial charge in [0.15, 0.2) is 5.76 Å². The molecular weight excluding hydrogens is 430 g/mol. The molecule has 0 bridgehead atoms. The van der Waals surface area contributed by atoms with Gasteiger partial charge in [0.2, 0.25) is 0 Å². The van der Waals surface area contributed by atoms with Gasteiger partial charge in [-0.25, -0.2) is 4.98 Å². The molecule has 1 aliphatic heterocycles. The lowest BCUT2D eigenvalue weighted by Crippen LogP contribution is -2.31. The smallest absolute Gasteiger partial charge is 0.167 e. The summed E-state index contributed by atoms with van der Waals surface area (Å²) >= 11 is 0. The number of imidazole rings is 1. The van der Waals surface area contributed by atoms with Crippen LogP contribution in [0.1, 0.15) is 43.1 Å². The van der Waals surface area contributed by atoms with Gasteiger partial charge in [-0.05, 0) is 49.9 Å². The van der Waals surface area contributed by atoms with Crippen molar-refractivity contribution in [3.63, 3.8) is 0 Å². The van der Waals surface area contributed by atoms with Crippen LogP contribution in [-0.4, -0.2) is 62.1 Å². The molecule has 0 spiro atoms. The summed E-state index contributed by atoms with van der Waals surface area (Å²) in [6, 6.07) is 9.59. The molecule has 2 aliphatic rings. The Hall–Kier alpha value is -2.96. The molecule has 2 aromatic heterocycles. The summed E-state index contributed by atoms with van der Waals surface area (Å²) in [6.07, 6.45) is 2.46. The second-order valence-electron chi connectivity index (χ2n) is 9.50. The Balaban J connectivity index is 1.24. The fraction of sp³-hybridized carbons (Fsp3) is 0.462. The zero-order chi connectivity index (χ0) is 23.8. The predicted octanol–water partition coefficient (Wildman–Crippen LogP) is 2.05. The third-order valence-corrected chi connectivity index (χ3v) is 6.85. The normalized spacial score (nSPS) is 24.2. The molecule has 34 heavy (non-hydrogen) atoms. The molecule has 5 rings (SSSR count). The molecule has 3 aromatic rings. The highest BCUT2D eigenvalue weighted by Gasteiger charge is 2.54. The molecule has 4 N–H and O–H groups in total. The molecular formula is C26H31N5O3. The maximum atomic E-state index is 9.97. The van der Waals surface area contributed by atoms with Gasteiger partial charge >= 0.3 is 0 Å². The number of β-amino-alcohol motifs (C(OH)–C–C–N with tert-alkyl or cyclic N) is 1. The number of likely N-dealkylation sites (tertiary alicyclic amines) is 1. The fourth-order valence-electron chi connectivity index (χ4n) is 5.11. The van der Waals surface area contributed by atoms with Gasteiger partial charge in [0.05, 0.1) is 12.1 Å². The summed E-state index contributed by atoms with van der Waals surface area (Å²) in [5.41, 5.74) is 8.60. The van der Waals surface area contributed by atoms with E-state index in [0.717, 1.165) is 30.8 Å². The Morgan fingerprint density at radius 1 is 1.18 bits per heavy atom. The summed E-state index contributed by atoms with van der Waals surface area (Å²) in [6.45, 7) is 6.67. The van der Waals surface area contributed by atoms with Crippen LogP contribution in [0.5, 0.6) is 0 Å². The van der Waals surface area contributed by atoms with Crippen LogP contribution in [0.3, 0.4) is 0 Å². The Kier molecular flexibility index (Phi) is 6.28. The summed E-state index contributed by atoms with van der Waals surface area (Å²) in [7, 11) is 0. The minimum absolute atomic E-state index is 0.269. The highest BCUT2D eigenvalue weighted by atomic mass is 16.5. The van der Waals surface area contributed by atoms with Crippen LogP contribution in [0.4, 0.5) is 0 Å². The maximum Gasteiger partial charge on any atom is 0.167 e. The molecule has 8 nitrogen and oxygen atoms in total. The Morgan fingerprint density at radius 3 is 2.56 bits per heavy atom. The van der Waals surface area contributed by atoms with E-state index >= 15 is 0 Å². The number of nitrogens with two attached hydrogens (primary N) is 1. The minimum Gasteiger partial charge on any atom is -0.392 e. The third-order valence-electron chi connectivity index (χ3n) is 6.85. The standard InChI is InChI=1S/C26H31N5O3/c1-16(32)13-30-14-21-20(22(21)15-30)8-5-18-3-6-19(7-4-18)25-11-23(29-34-25)24(12-27)31-10-9-28-26(31)17(2)33/h3-4,6-7,9-11,16-17,20-22,24,32-33H,12-15,27H2,1-2H3/t16-,17-,20-,21-,22+,24+/m0/s1. The maximum absolute atomic E-state index is 9.97. The lowest BCUT2D eigenvalue weighted by molar-refractivity contribution is 0.132. The summed E-state index contributed by atoms with van der Waals surface area (Å²) in [4.78, 5) is 6.57. The number of rotatable bonds is 7. The van der Waals surface area contributed by atoms with Gasteiger partial charge in [-0.3, -0.25) is 0 Å². The lowest BCUT2D eigenvalue weighted by atomic mass is 10.1. The number of aromatic nitrogens is 3. The van der Waals surface area contributed by atoms with E-state index in [1.54, 1.807) is 19.3 Å². The highest BCUT2D eigenvalue weighted by molar-refractivity contribution is 5.59. The average Bonchev–Trinajstić information content (AvgIpc) is 3.31. The van der Waals surface area contributed by atoms with Gasteiger partial charge in [0.1, 0.15) is 17.6 Å². The molecule has 8 heteroatoms. The van der Waals surface area contributed by atoms with E-state index in [2.05, 4.69) is 26.9 Å². The zero-order valence-corrected chi connectivity index (χ0v) is 19.5. The molecule has 3 heterocycles. The number of aliphatic hydroxyl groups excluding tert-OH is 2. The molecule has 1 saturated carbocycles.